The molecule has 2 heterocycles. The topological polar surface area (TPSA) is 42.0 Å². The normalized spacial score (nSPS) is 17.3. The van der Waals surface area contributed by atoms with Crippen molar-refractivity contribution in [2.45, 2.75) is 30.4 Å². The van der Waals surface area contributed by atoms with Crippen LogP contribution in [0.15, 0.2) is 29.2 Å². The second-order valence-electron chi connectivity index (χ2n) is 4.57. The van der Waals surface area contributed by atoms with Crippen LogP contribution in [0, 0.1) is 13.8 Å². The quantitative estimate of drug-likeness (QED) is 0.921. The lowest BCUT2D eigenvalue weighted by molar-refractivity contribution is -0.115. The molecule has 0 saturated heterocycles. The van der Waals surface area contributed by atoms with E-state index in [1.54, 1.807) is 11.8 Å². The number of benzene rings is 1. The van der Waals surface area contributed by atoms with E-state index in [2.05, 4.69) is 22.4 Å². The number of hydrogen-bond acceptors (Lipinski definition) is 4. The van der Waals surface area contributed by atoms with Crippen LogP contribution < -0.4 is 5.32 Å². The molecule has 1 unspecified atom stereocenters. The van der Waals surface area contributed by atoms with Gasteiger partial charge in [0.15, 0.2) is 5.13 Å². The van der Waals surface area contributed by atoms with E-state index in [0.29, 0.717) is 5.13 Å². The first-order chi connectivity index (χ1) is 9.13. The number of aromatic nitrogens is 1. The monoisotopic (exact) mass is 290 g/mol. The third-order valence-electron chi connectivity index (χ3n) is 3.20. The molecule has 19 heavy (non-hydrogen) atoms. The van der Waals surface area contributed by atoms with Gasteiger partial charge in [0.1, 0.15) is 0 Å². The minimum absolute atomic E-state index is 0.0399. The van der Waals surface area contributed by atoms with Gasteiger partial charge in [-0.25, -0.2) is 4.98 Å². The van der Waals surface area contributed by atoms with Gasteiger partial charge < -0.3 is 5.32 Å². The Balaban J connectivity index is 1.70. The smallest absolute Gasteiger partial charge is 0.239 e. The van der Waals surface area contributed by atoms with E-state index in [0.717, 1.165) is 17.0 Å². The number of nitrogens with one attached hydrogen (secondary N) is 1. The Labute approximate surface area is 120 Å². The highest BCUT2D eigenvalue weighted by molar-refractivity contribution is 8.01. The highest BCUT2D eigenvalue weighted by Gasteiger charge is 2.28. The standard InChI is InChI=1S/C14H14N2OS2/c1-8-9(2)18-14(15-8)16-13(17)12-7-10-5-3-4-6-11(10)19-12/h3-6,12H,7H2,1-2H3,(H,15,16,17). The molecule has 1 N–H and O–H groups in total. The second-order valence-corrected chi connectivity index (χ2v) is 7.02. The average molecular weight is 290 g/mol. The molecule has 0 fully saturated rings. The summed E-state index contributed by atoms with van der Waals surface area (Å²) in [5.41, 5.74) is 2.25. The van der Waals surface area contributed by atoms with Gasteiger partial charge in [-0.15, -0.1) is 23.1 Å². The molecule has 2 aromatic rings. The lowest BCUT2D eigenvalue weighted by Gasteiger charge is -2.07. The summed E-state index contributed by atoms with van der Waals surface area (Å²) >= 11 is 3.17. The van der Waals surface area contributed by atoms with Gasteiger partial charge >= 0.3 is 0 Å². The van der Waals surface area contributed by atoms with Crippen molar-refractivity contribution < 1.29 is 4.79 Å². The molecule has 0 radical (unpaired) electrons. The van der Waals surface area contributed by atoms with Gasteiger partial charge in [-0.1, -0.05) is 18.2 Å². The van der Waals surface area contributed by atoms with Crippen molar-refractivity contribution in [1.82, 2.24) is 4.98 Å². The van der Waals surface area contributed by atoms with Crippen molar-refractivity contribution >= 4 is 34.1 Å². The third kappa shape index (κ3) is 2.53. The molecule has 0 bridgehead atoms. The van der Waals surface area contributed by atoms with Gasteiger partial charge in [0.05, 0.1) is 10.9 Å². The Morgan fingerprint density at radius 2 is 2.16 bits per heavy atom. The Hall–Kier alpha value is -1.33. The van der Waals surface area contributed by atoms with Crippen LogP contribution in [-0.4, -0.2) is 16.1 Å². The average Bonchev–Trinajstić information content (AvgIpc) is 2.93. The number of thiazole rings is 1. The first-order valence-corrected chi connectivity index (χ1v) is 7.82. The zero-order chi connectivity index (χ0) is 13.4. The minimum Gasteiger partial charge on any atom is -0.301 e. The minimum atomic E-state index is -0.0399. The fourth-order valence-electron chi connectivity index (χ4n) is 2.04. The number of anilines is 1. The Kier molecular flexibility index (Phi) is 3.33. The number of aryl methyl sites for hydroxylation is 2. The zero-order valence-corrected chi connectivity index (χ0v) is 12.4. The fourth-order valence-corrected chi connectivity index (χ4v) is 4.05. The maximum absolute atomic E-state index is 12.2. The Morgan fingerprint density at radius 3 is 2.84 bits per heavy atom. The maximum atomic E-state index is 12.2. The van der Waals surface area contributed by atoms with Gasteiger partial charge in [0, 0.05) is 9.77 Å². The predicted molar refractivity (Wildman–Crippen MR) is 80.0 cm³/mol. The predicted octanol–water partition coefficient (Wildman–Crippen LogP) is 3.42. The molecule has 1 amide bonds. The van der Waals surface area contributed by atoms with Crippen LogP contribution in [-0.2, 0) is 11.2 Å². The molecule has 3 rings (SSSR count). The molecule has 0 saturated carbocycles. The number of carbonyl (C=O) groups excluding carboxylic acids is 1. The van der Waals surface area contributed by atoms with Crippen LogP contribution in [0.4, 0.5) is 5.13 Å². The highest BCUT2D eigenvalue weighted by atomic mass is 32.2. The van der Waals surface area contributed by atoms with E-state index >= 15 is 0 Å². The molecule has 1 aromatic heterocycles. The molecule has 3 nitrogen and oxygen atoms in total. The van der Waals surface area contributed by atoms with E-state index < -0.39 is 0 Å². The summed E-state index contributed by atoms with van der Waals surface area (Å²) < 4.78 is 0. The number of rotatable bonds is 2. The molecule has 5 heteroatoms. The zero-order valence-electron chi connectivity index (χ0n) is 10.8. The van der Waals surface area contributed by atoms with Gasteiger partial charge in [0.2, 0.25) is 5.91 Å². The summed E-state index contributed by atoms with van der Waals surface area (Å²) in [5.74, 6) is 0.0509. The lowest BCUT2D eigenvalue weighted by Crippen LogP contribution is -2.24. The van der Waals surface area contributed by atoms with Gasteiger partial charge in [-0.05, 0) is 31.9 Å². The molecule has 98 valence electrons. The molecule has 1 aliphatic rings. The number of nitrogens with zero attached hydrogens (tertiary/aromatic N) is 1. The first kappa shape index (κ1) is 12.7. The summed E-state index contributed by atoms with van der Waals surface area (Å²) in [4.78, 5) is 19.0. The van der Waals surface area contributed by atoms with E-state index in [1.165, 1.54) is 21.8 Å². The van der Waals surface area contributed by atoms with Gasteiger partial charge in [0.25, 0.3) is 0 Å². The Morgan fingerprint density at radius 1 is 1.37 bits per heavy atom. The largest absolute Gasteiger partial charge is 0.301 e. The molecule has 0 aliphatic carbocycles. The van der Waals surface area contributed by atoms with Crippen LogP contribution in [0.3, 0.4) is 0 Å². The van der Waals surface area contributed by atoms with Crippen molar-refractivity contribution in [3.8, 4) is 0 Å². The Bertz CT molecular complexity index is 592. The first-order valence-electron chi connectivity index (χ1n) is 6.13. The second kappa shape index (κ2) is 4.98. The number of hydrogen-bond donors (Lipinski definition) is 1. The molecule has 1 atom stereocenters. The third-order valence-corrected chi connectivity index (χ3v) is 5.50. The highest BCUT2D eigenvalue weighted by Crippen LogP contribution is 2.37. The van der Waals surface area contributed by atoms with Crippen LogP contribution in [0.5, 0.6) is 0 Å². The summed E-state index contributed by atoms with van der Waals surface area (Å²) in [6, 6.07) is 8.20. The van der Waals surface area contributed by atoms with E-state index in [9.17, 15) is 4.79 Å². The fraction of sp³-hybridized carbons (Fsp3) is 0.286. The van der Waals surface area contributed by atoms with E-state index in [4.69, 9.17) is 0 Å². The number of amides is 1. The van der Waals surface area contributed by atoms with Gasteiger partial charge in [-0.3, -0.25) is 4.79 Å². The van der Waals surface area contributed by atoms with Crippen LogP contribution >= 0.6 is 23.1 Å². The number of carbonyl (C=O) groups is 1. The van der Waals surface area contributed by atoms with Crippen molar-refractivity contribution in [3.05, 3.63) is 40.4 Å². The van der Waals surface area contributed by atoms with Crippen LogP contribution in [0.1, 0.15) is 16.1 Å². The van der Waals surface area contributed by atoms with Crippen LogP contribution in [0.25, 0.3) is 0 Å². The van der Waals surface area contributed by atoms with Crippen LogP contribution in [0.2, 0.25) is 0 Å². The summed E-state index contributed by atoms with van der Waals surface area (Å²) in [6.07, 6.45) is 0.802. The van der Waals surface area contributed by atoms with Crippen molar-refractivity contribution in [2.24, 2.45) is 0 Å². The van der Waals surface area contributed by atoms with Crippen molar-refractivity contribution in [3.63, 3.8) is 0 Å². The SMILES string of the molecule is Cc1nc(NC(=O)C2Cc3ccccc3S2)sc1C. The van der Waals surface area contributed by atoms with E-state index in [-0.39, 0.29) is 11.2 Å². The molecule has 1 aliphatic heterocycles. The summed E-state index contributed by atoms with van der Waals surface area (Å²) in [7, 11) is 0. The van der Waals surface area contributed by atoms with Crippen molar-refractivity contribution in [1.29, 1.82) is 0 Å². The number of fused-ring (bicyclic) bond motifs is 1. The number of thioether (sulfide) groups is 1. The van der Waals surface area contributed by atoms with Crippen molar-refractivity contribution in [2.75, 3.05) is 5.32 Å². The molecule has 0 spiro atoms. The lowest BCUT2D eigenvalue weighted by atomic mass is 10.1. The molecular formula is C14H14N2OS2. The maximum Gasteiger partial charge on any atom is 0.239 e. The molecular weight excluding hydrogens is 276 g/mol. The van der Waals surface area contributed by atoms with Gasteiger partial charge in [-0.2, -0.15) is 0 Å². The molecule has 1 aromatic carbocycles. The summed E-state index contributed by atoms with van der Waals surface area (Å²) in [5, 5.41) is 3.59. The van der Waals surface area contributed by atoms with E-state index in [1.807, 2.05) is 26.0 Å². The summed E-state index contributed by atoms with van der Waals surface area (Å²) in [6.45, 7) is 3.98.